The summed E-state index contributed by atoms with van der Waals surface area (Å²) in [7, 11) is 4.02. The molecular weight excluding hydrogens is 180 g/mol. The first kappa shape index (κ1) is 10.7. The minimum atomic E-state index is 0.507. The van der Waals surface area contributed by atoms with Crippen LogP contribution in [0.4, 0.5) is 0 Å². The Morgan fingerprint density at radius 2 is 2.23 bits per heavy atom. The van der Waals surface area contributed by atoms with Crippen molar-refractivity contribution in [2.45, 2.75) is 19.4 Å². The smallest absolute Gasteiger partial charge is 0.0427 e. The van der Waals surface area contributed by atoms with Crippen LogP contribution in [0.5, 0.6) is 0 Å². The van der Waals surface area contributed by atoms with Crippen molar-refractivity contribution >= 4 is 11.3 Å². The normalized spacial score (nSPS) is 13.2. The third kappa shape index (κ3) is 2.79. The fraction of sp³-hybridized carbons (Fsp3) is 0.600. The zero-order valence-corrected chi connectivity index (χ0v) is 9.37. The third-order valence-electron chi connectivity index (χ3n) is 2.25. The molecule has 0 saturated heterocycles. The monoisotopic (exact) mass is 198 g/mol. The van der Waals surface area contributed by atoms with Gasteiger partial charge in [0.25, 0.3) is 0 Å². The van der Waals surface area contributed by atoms with Gasteiger partial charge in [-0.25, -0.2) is 0 Å². The molecular formula is C10H18N2S. The maximum Gasteiger partial charge on any atom is 0.0427 e. The van der Waals surface area contributed by atoms with Crippen LogP contribution in [-0.4, -0.2) is 20.6 Å². The summed E-state index contributed by atoms with van der Waals surface area (Å²) in [4.78, 5) is 1.47. The lowest BCUT2D eigenvalue weighted by molar-refractivity contribution is 0.539. The molecule has 1 aromatic rings. The highest BCUT2D eigenvalue weighted by atomic mass is 32.1. The quantitative estimate of drug-likeness (QED) is 0.755. The van der Waals surface area contributed by atoms with E-state index in [4.69, 9.17) is 0 Å². The molecule has 0 saturated carbocycles. The molecule has 1 rings (SSSR count). The summed E-state index contributed by atoms with van der Waals surface area (Å²) in [6.07, 6.45) is 1.15. The highest BCUT2D eigenvalue weighted by Gasteiger charge is 2.11. The fourth-order valence-corrected chi connectivity index (χ4v) is 2.51. The van der Waals surface area contributed by atoms with Crippen LogP contribution in [0.1, 0.15) is 22.9 Å². The summed E-state index contributed by atoms with van der Waals surface area (Å²) >= 11 is 1.84. The molecule has 0 fully saturated rings. The maximum absolute atomic E-state index is 3.35. The molecule has 0 amide bonds. The average molecular weight is 198 g/mol. The van der Waals surface area contributed by atoms with E-state index in [0.717, 1.165) is 13.0 Å². The minimum Gasteiger partial charge on any atom is -0.320 e. The van der Waals surface area contributed by atoms with E-state index in [1.54, 1.807) is 0 Å². The largest absolute Gasteiger partial charge is 0.320 e. The Labute approximate surface area is 84.4 Å². The average Bonchev–Trinajstić information content (AvgIpc) is 2.54. The predicted octanol–water partition coefficient (Wildman–Crippen LogP) is 1.93. The van der Waals surface area contributed by atoms with Crippen molar-refractivity contribution in [1.82, 2.24) is 10.6 Å². The molecule has 0 aliphatic heterocycles. The van der Waals surface area contributed by atoms with Crippen LogP contribution in [0.3, 0.4) is 0 Å². The Morgan fingerprint density at radius 3 is 2.69 bits per heavy atom. The molecule has 0 aliphatic rings. The van der Waals surface area contributed by atoms with E-state index in [1.165, 1.54) is 10.4 Å². The van der Waals surface area contributed by atoms with Crippen LogP contribution in [0.2, 0.25) is 0 Å². The summed E-state index contributed by atoms with van der Waals surface area (Å²) in [5, 5.41) is 8.69. The molecule has 74 valence electrons. The summed E-state index contributed by atoms with van der Waals surface area (Å²) in [5.74, 6) is 0. The Bertz CT molecular complexity index is 245. The molecule has 1 atom stereocenters. The minimum absolute atomic E-state index is 0.507. The highest BCUT2D eigenvalue weighted by Crippen LogP contribution is 2.25. The second kappa shape index (κ2) is 5.37. The maximum atomic E-state index is 3.35. The Balaban J connectivity index is 2.61. The second-order valence-electron chi connectivity index (χ2n) is 3.20. The van der Waals surface area contributed by atoms with Crippen molar-refractivity contribution in [3.05, 3.63) is 21.9 Å². The molecule has 2 N–H and O–H groups in total. The van der Waals surface area contributed by atoms with Crippen LogP contribution in [0.15, 0.2) is 11.4 Å². The van der Waals surface area contributed by atoms with E-state index < -0.39 is 0 Å². The Kier molecular flexibility index (Phi) is 4.42. The molecule has 1 aromatic heterocycles. The van der Waals surface area contributed by atoms with Gasteiger partial charge in [0.2, 0.25) is 0 Å². The van der Waals surface area contributed by atoms with E-state index >= 15 is 0 Å². The third-order valence-corrected chi connectivity index (χ3v) is 3.38. The van der Waals surface area contributed by atoms with Gasteiger partial charge in [-0.15, -0.1) is 11.3 Å². The van der Waals surface area contributed by atoms with Gasteiger partial charge in [0.1, 0.15) is 0 Å². The molecule has 1 heterocycles. The van der Waals surface area contributed by atoms with Crippen molar-refractivity contribution in [2.75, 3.05) is 20.6 Å². The first-order valence-electron chi connectivity index (χ1n) is 4.65. The van der Waals surface area contributed by atoms with Crippen molar-refractivity contribution in [2.24, 2.45) is 0 Å². The summed E-state index contributed by atoms with van der Waals surface area (Å²) in [6.45, 7) is 3.23. The number of hydrogen-bond donors (Lipinski definition) is 2. The van der Waals surface area contributed by atoms with Gasteiger partial charge in [-0.05, 0) is 51.0 Å². The first-order valence-corrected chi connectivity index (χ1v) is 5.53. The van der Waals surface area contributed by atoms with Gasteiger partial charge in [-0.3, -0.25) is 0 Å². The number of aryl methyl sites for hydroxylation is 1. The number of rotatable bonds is 5. The van der Waals surface area contributed by atoms with Gasteiger partial charge < -0.3 is 10.6 Å². The van der Waals surface area contributed by atoms with E-state index in [0.29, 0.717) is 6.04 Å². The van der Waals surface area contributed by atoms with Crippen molar-refractivity contribution in [3.8, 4) is 0 Å². The zero-order chi connectivity index (χ0) is 9.68. The van der Waals surface area contributed by atoms with Crippen molar-refractivity contribution < 1.29 is 0 Å². The zero-order valence-electron chi connectivity index (χ0n) is 8.55. The number of hydrogen-bond acceptors (Lipinski definition) is 3. The van der Waals surface area contributed by atoms with E-state index in [2.05, 4.69) is 29.0 Å². The summed E-state index contributed by atoms with van der Waals surface area (Å²) in [5.41, 5.74) is 1.40. The first-order chi connectivity index (χ1) is 6.29. The van der Waals surface area contributed by atoms with E-state index in [-0.39, 0.29) is 0 Å². The molecule has 0 bridgehead atoms. The highest BCUT2D eigenvalue weighted by molar-refractivity contribution is 7.10. The van der Waals surface area contributed by atoms with Gasteiger partial charge in [0.15, 0.2) is 0 Å². The topological polar surface area (TPSA) is 24.1 Å². The molecule has 0 radical (unpaired) electrons. The van der Waals surface area contributed by atoms with E-state index in [9.17, 15) is 0 Å². The standard InChI is InChI=1S/C10H18N2S/c1-8-5-7-13-10(8)9(12-3)4-6-11-2/h5,7,9,11-12H,4,6H2,1-3H3. The van der Waals surface area contributed by atoms with Gasteiger partial charge in [-0.2, -0.15) is 0 Å². The molecule has 0 aromatic carbocycles. The molecule has 0 aliphatic carbocycles. The van der Waals surface area contributed by atoms with E-state index in [1.807, 2.05) is 25.4 Å². The number of nitrogens with one attached hydrogen (secondary N) is 2. The SMILES string of the molecule is CNCCC(NC)c1sccc1C. The van der Waals surface area contributed by atoms with Gasteiger partial charge >= 0.3 is 0 Å². The lowest BCUT2D eigenvalue weighted by atomic mass is 10.1. The van der Waals surface area contributed by atoms with Crippen LogP contribution >= 0.6 is 11.3 Å². The van der Waals surface area contributed by atoms with Crippen LogP contribution < -0.4 is 10.6 Å². The molecule has 0 spiro atoms. The molecule has 13 heavy (non-hydrogen) atoms. The van der Waals surface area contributed by atoms with Crippen LogP contribution in [0.25, 0.3) is 0 Å². The Hall–Kier alpha value is -0.380. The second-order valence-corrected chi connectivity index (χ2v) is 4.15. The predicted molar refractivity (Wildman–Crippen MR) is 59.4 cm³/mol. The lowest BCUT2D eigenvalue weighted by Gasteiger charge is -2.15. The molecule has 3 heteroatoms. The van der Waals surface area contributed by atoms with Crippen LogP contribution in [0, 0.1) is 6.92 Å². The molecule has 2 nitrogen and oxygen atoms in total. The summed E-state index contributed by atoms with van der Waals surface area (Å²) in [6, 6.07) is 2.69. The van der Waals surface area contributed by atoms with Gasteiger partial charge in [0.05, 0.1) is 0 Å². The Morgan fingerprint density at radius 1 is 1.46 bits per heavy atom. The van der Waals surface area contributed by atoms with Gasteiger partial charge in [0, 0.05) is 10.9 Å². The molecule has 1 unspecified atom stereocenters. The fourth-order valence-electron chi connectivity index (χ4n) is 1.44. The van der Waals surface area contributed by atoms with Crippen LogP contribution in [-0.2, 0) is 0 Å². The lowest BCUT2D eigenvalue weighted by Crippen LogP contribution is -2.21. The van der Waals surface area contributed by atoms with Gasteiger partial charge in [-0.1, -0.05) is 0 Å². The number of thiophene rings is 1. The van der Waals surface area contributed by atoms with Crippen molar-refractivity contribution in [1.29, 1.82) is 0 Å². The summed E-state index contributed by atoms with van der Waals surface area (Å²) < 4.78 is 0. The van der Waals surface area contributed by atoms with Crippen molar-refractivity contribution in [3.63, 3.8) is 0 Å².